The van der Waals surface area contributed by atoms with Crippen molar-refractivity contribution < 1.29 is 0 Å². The summed E-state index contributed by atoms with van der Waals surface area (Å²) in [5.41, 5.74) is 7.09. The lowest BCUT2D eigenvalue weighted by molar-refractivity contribution is 0.331. The van der Waals surface area contributed by atoms with Crippen LogP contribution in [0.25, 0.3) is 5.57 Å². The van der Waals surface area contributed by atoms with Crippen LogP contribution in [0.3, 0.4) is 0 Å². The minimum Gasteiger partial charge on any atom is -0.127 e. The van der Waals surface area contributed by atoms with Crippen molar-refractivity contribution in [2.24, 2.45) is 0 Å². The lowest BCUT2D eigenvalue weighted by Gasteiger charge is -2.42. The third kappa shape index (κ3) is 2.74. The average molecular weight is 335 g/mol. The monoisotopic (exact) mass is 334 g/mol. The molecule has 0 atom stereocenters. The van der Waals surface area contributed by atoms with Crippen LogP contribution in [0.4, 0.5) is 0 Å². The summed E-state index contributed by atoms with van der Waals surface area (Å²) in [6.45, 7) is 16.0. The number of thiophene rings is 1. The third-order valence-corrected chi connectivity index (χ3v) is 6.64. The molecule has 2 aromatic rings. The van der Waals surface area contributed by atoms with E-state index in [1.165, 1.54) is 40.0 Å². The Kier molecular flexibility index (Phi) is 4.01. The van der Waals surface area contributed by atoms with Gasteiger partial charge in [0.15, 0.2) is 0 Å². The molecule has 1 aromatic carbocycles. The number of benzene rings is 1. The van der Waals surface area contributed by atoms with E-state index in [9.17, 15) is 0 Å². The Labute approximate surface area is 150 Å². The molecular formula is C23H26S. The van der Waals surface area contributed by atoms with Crippen LogP contribution in [0.15, 0.2) is 30.8 Å². The van der Waals surface area contributed by atoms with Gasteiger partial charge >= 0.3 is 0 Å². The maximum Gasteiger partial charge on any atom is 0.0772 e. The second kappa shape index (κ2) is 5.64. The third-order valence-electron chi connectivity index (χ3n) is 5.57. The van der Waals surface area contributed by atoms with Gasteiger partial charge in [-0.3, -0.25) is 0 Å². The molecular weight excluding hydrogens is 308 g/mol. The van der Waals surface area contributed by atoms with E-state index in [0.717, 1.165) is 10.5 Å². The van der Waals surface area contributed by atoms with Gasteiger partial charge in [-0.15, -0.1) is 17.8 Å². The highest BCUT2D eigenvalue weighted by atomic mass is 32.1. The Hall–Kier alpha value is -1.78. The molecule has 24 heavy (non-hydrogen) atoms. The molecule has 0 bridgehead atoms. The molecule has 0 aliphatic heterocycles. The van der Waals surface area contributed by atoms with Crippen LogP contribution < -0.4 is 0 Å². The van der Waals surface area contributed by atoms with Gasteiger partial charge in [-0.1, -0.05) is 52.3 Å². The van der Waals surface area contributed by atoms with E-state index >= 15 is 0 Å². The van der Waals surface area contributed by atoms with Crippen LogP contribution in [0, 0.1) is 19.3 Å². The number of hydrogen-bond acceptors (Lipinski definition) is 1. The van der Waals surface area contributed by atoms with Crippen LogP contribution in [0.1, 0.15) is 72.5 Å². The van der Waals surface area contributed by atoms with Gasteiger partial charge in [0, 0.05) is 4.88 Å². The van der Waals surface area contributed by atoms with Gasteiger partial charge in [0.25, 0.3) is 0 Å². The molecule has 0 amide bonds. The van der Waals surface area contributed by atoms with Crippen molar-refractivity contribution >= 4 is 16.9 Å². The van der Waals surface area contributed by atoms with Crippen molar-refractivity contribution in [1.82, 2.24) is 0 Å². The Morgan fingerprint density at radius 2 is 1.67 bits per heavy atom. The van der Waals surface area contributed by atoms with Crippen LogP contribution >= 0.6 is 11.3 Å². The predicted octanol–water partition coefficient (Wildman–Crippen LogP) is 6.45. The summed E-state index contributed by atoms with van der Waals surface area (Å²) in [5.74, 6) is 2.72. The van der Waals surface area contributed by atoms with E-state index in [0.29, 0.717) is 0 Å². The fourth-order valence-electron chi connectivity index (χ4n) is 3.76. The van der Waals surface area contributed by atoms with Crippen molar-refractivity contribution in [2.75, 3.05) is 0 Å². The smallest absolute Gasteiger partial charge is 0.0772 e. The van der Waals surface area contributed by atoms with Crippen LogP contribution in [-0.2, 0) is 10.8 Å². The number of aryl methyl sites for hydroxylation is 1. The Morgan fingerprint density at radius 1 is 1.08 bits per heavy atom. The van der Waals surface area contributed by atoms with Crippen molar-refractivity contribution in [2.45, 2.75) is 58.3 Å². The highest BCUT2D eigenvalue weighted by Crippen LogP contribution is 2.47. The maximum absolute atomic E-state index is 5.52. The molecule has 1 aromatic heterocycles. The Morgan fingerprint density at radius 3 is 2.21 bits per heavy atom. The molecule has 0 spiro atoms. The van der Waals surface area contributed by atoms with E-state index in [1.54, 1.807) is 11.3 Å². The summed E-state index contributed by atoms with van der Waals surface area (Å²) in [4.78, 5) is 2.13. The van der Waals surface area contributed by atoms with E-state index in [4.69, 9.17) is 6.42 Å². The topological polar surface area (TPSA) is 0 Å². The first-order chi connectivity index (χ1) is 11.2. The van der Waals surface area contributed by atoms with Gasteiger partial charge in [0.05, 0.1) is 4.88 Å². The lowest BCUT2D eigenvalue weighted by atomic mass is 9.62. The van der Waals surface area contributed by atoms with Gasteiger partial charge in [-0.05, 0) is 70.6 Å². The maximum atomic E-state index is 5.52. The molecule has 1 aliphatic carbocycles. The lowest BCUT2D eigenvalue weighted by Crippen LogP contribution is -2.34. The molecule has 3 rings (SSSR count). The van der Waals surface area contributed by atoms with E-state index in [-0.39, 0.29) is 10.8 Å². The van der Waals surface area contributed by atoms with Crippen molar-refractivity contribution in [1.29, 1.82) is 0 Å². The largest absolute Gasteiger partial charge is 0.127 e. The van der Waals surface area contributed by atoms with Crippen LogP contribution in [0.2, 0.25) is 0 Å². The highest BCUT2D eigenvalue weighted by molar-refractivity contribution is 7.13. The summed E-state index contributed by atoms with van der Waals surface area (Å²) in [7, 11) is 0. The van der Waals surface area contributed by atoms with E-state index in [2.05, 4.69) is 65.3 Å². The first-order valence-corrected chi connectivity index (χ1v) is 9.39. The first-order valence-electron chi connectivity index (χ1n) is 8.57. The van der Waals surface area contributed by atoms with Gasteiger partial charge in [0.2, 0.25) is 0 Å². The summed E-state index contributed by atoms with van der Waals surface area (Å²) in [6.07, 6.45) is 7.98. The Bertz CT molecular complexity index is 853. The molecule has 124 valence electrons. The van der Waals surface area contributed by atoms with Crippen molar-refractivity contribution in [3.63, 3.8) is 0 Å². The summed E-state index contributed by atoms with van der Waals surface area (Å²) >= 11 is 1.65. The average Bonchev–Trinajstić information content (AvgIpc) is 3.00. The summed E-state index contributed by atoms with van der Waals surface area (Å²) in [6, 6.07) is 8.89. The summed E-state index contributed by atoms with van der Waals surface area (Å²) < 4.78 is 0. The molecule has 0 saturated carbocycles. The first kappa shape index (κ1) is 17.1. The second-order valence-corrected chi connectivity index (χ2v) is 9.35. The number of terminal acetylenes is 1. The van der Waals surface area contributed by atoms with Gasteiger partial charge in [-0.25, -0.2) is 0 Å². The summed E-state index contributed by atoms with van der Waals surface area (Å²) in [5, 5.41) is 0. The number of hydrogen-bond donors (Lipinski definition) is 0. The number of rotatable bonds is 2. The fourth-order valence-corrected chi connectivity index (χ4v) is 4.56. The minimum absolute atomic E-state index is 0.215. The van der Waals surface area contributed by atoms with E-state index < -0.39 is 0 Å². The van der Waals surface area contributed by atoms with Crippen molar-refractivity contribution in [3.8, 4) is 12.3 Å². The molecule has 0 unspecified atom stereocenters. The molecule has 1 heteroatoms. The van der Waals surface area contributed by atoms with Gasteiger partial charge < -0.3 is 0 Å². The zero-order valence-electron chi connectivity index (χ0n) is 15.4. The van der Waals surface area contributed by atoms with Crippen LogP contribution in [-0.4, -0.2) is 0 Å². The number of fused-ring (bicyclic) bond motifs is 1. The molecule has 0 N–H and O–H groups in total. The van der Waals surface area contributed by atoms with Crippen molar-refractivity contribution in [3.05, 3.63) is 62.9 Å². The zero-order chi connectivity index (χ0) is 17.7. The zero-order valence-corrected chi connectivity index (χ0v) is 16.2. The highest BCUT2D eigenvalue weighted by Gasteiger charge is 2.37. The molecule has 0 radical (unpaired) electrons. The quantitative estimate of drug-likeness (QED) is 0.554. The van der Waals surface area contributed by atoms with Gasteiger partial charge in [0.1, 0.15) is 0 Å². The van der Waals surface area contributed by atoms with Crippen LogP contribution in [0.5, 0.6) is 0 Å². The molecule has 1 aliphatic rings. The van der Waals surface area contributed by atoms with Gasteiger partial charge in [-0.2, -0.15) is 0 Å². The standard InChI is InChI=1S/C23H26S/c1-8-17-9-10-21(24-17)16(3)18-14-20-19(13-15(18)2)22(4,5)11-12-23(20,6)7/h1,9-10,13-14H,3,11-12H2,2,4-7H3. The van der Waals surface area contributed by atoms with E-state index in [1.807, 2.05) is 6.07 Å². The Balaban J connectivity index is 2.14. The minimum atomic E-state index is 0.215. The normalized spacial score (nSPS) is 17.8. The SMILES string of the molecule is C#Cc1ccc(C(=C)c2cc3c(cc2C)C(C)(C)CCC3(C)C)s1. The fraction of sp³-hybridized carbons (Fsp3) is 0.391. The molecule has 0 nitrogen and oxygen atoms in total. The second-order valence-electron chi connectivity index (χ2n) is 8.27. The molecule has 1 heterocycles. The predicted molar refractivity (Wildman–Crippen MR) is 107 cm³/mol. The molecule has 0 saturated heterocycles. The molecule has 0 fully saturated rings.